The van der Waals surface area contributed by atoms with Crippen molar-refractivity contribution in [3.8, 4) is 0 Å². The molecule has 1 aromatic carbocycles. The molecule has 0 aliphatic rings. The molecule has 0 aliphatic heterocycles. The molecular weight excluding hydrogens is 334 g/mol. The van der Waals surface area contributed by atoms with E-state index < -0.39 is 15.8 Å². The van der Waals surface area contributed by atoms with Crippen molar-refractivity contribution in [2.75, 3.05) is 25.4 Å². The molecule has 0 amide bonds. The molecule has 0 unspecified atom stereocenters. The van der Waals surface area contributed by atoms with E-state index in [0.29, 0.717) is 6.54 Å². The van der Waals surface area contributed by atoms with E-state index in [-0.39, 0.29) is 23.7 Å². The predicted octanol–water partition coefficient (Wildman–Crippen LogP) is 1.63. The van der Waals surface area contributed by atoms with Gasteiger partial charge < -0.3 is 5.11 Å². The summed E-state index contributed by atoms with van der Waals surface area (Å²) in [7, 11) is -3.37. The molecule has 0 aromatic heterocycles. The number of hydrogen-bond acceptors (Lipinski definition) is 4. The SMILES string of the molecule is CCN(CCS(=O)(=O)c1ccc(Br)cc1)CC(=O)O. The Labute approximate surface area is 121 Å². The Morgan fingerprint density at radius 3 is 2.37 bits per heavy atom. The summed E-state index contributed by atoms with van der Waals surface area (Å²) in [6.45, 7) is 2.37. The lowest BCUT2D eigenvalue weighted by Crippen LogP contribution is -2.33. The van der Waals surface area contributed by atoms with E-state index in [0.717, 1.165) is 4.47 Å². The summed E-state index contributed by atoms with van der Waals surface area (Å²) in [5, 5.41) is 8.70. The van der Waals surface area contributed by atoms with Crippen LogP contribution in [0.25, 0.3) is 0 Å². The molecule has 0 heterocycles. The van der Waals surface area contributed by atoms with Crippen molar-refractivity contribution in [3.05, 3.63) is 28.7 Å². The summed E-state index contributed by atoms with van der Waals surface area (Å²) >= 11 is 3.24. The lowest BCUT2D eigenvalue weighted by atomic mass is 10.4. The van der Waals surface area contributed by atoms with Gasteiger partial charge in [-0.05, 0) is 30.8 Å². The van der Waals surface area contributed by atoms with Gasteiger partial charge in [0.15, 0.2) is 9.84 Å². The number of carboxylic acids is 1. The highest BCUT2D eigenvalue weighted by Gasteiger charge is 2.17. The Kier molecular flexibility index (Phi) is 5.96. The number of carbonyl (C=O) groups is 1. The molecular formula is C12H16BrNO4S. The zero-order valence-corrected chi connectivity index (χ0v) is 12.9. The first-order valence-electron chi connectivity index (χ1n) is 5.77. The Morgan fingerprint density at radius 2 is 1.89 bits per heavy atom. The lowest BCUT2D eigenvalue weighted by molar-refractivity contribution is -0.138. The number of aliphatic carboxylic acids is 1. The maximum Gasteiger partial charge on any atom is 0.317 e. The Hall–Kier alpha value is -0.920. The topological polar surface area (TPSA) is 74.7 Å². The average Bonchev–Trinajstić information content (AvgIpc) is 2.34. The minimum absolute atomic E-state index is 0.0875. The van der Waals surface area contributed by atoms with Crippen LogP contribution in [-0.2, 0) is 14.6 Å². The van der Waals surface area contributed by atoms with Crippen molar-refractivity contribution in [2.24, 2.45) is 0 Å². The number of nitrogens with zero attached hydrogens (tertiary/aromatic N) is 1. The fourth-order valence-corrected chi connectivity index (χ4v) is 3.10. The Bertz CT molecular complexity index is 527. The van der Waals surface area contributed by atoms with Crippen molar-refractivity contribution < 1.29 is 18.3 Å². The van der Waals surface area contributed by atoms with Crippen LogP contribution in [0.15, 0.2) is 33.6 Å². The third-order valence-electron chi connectivity index (χ3n) is 2.66. The van der Waals surface area contributed by atoms with Gasteiger partial charge in [-0.3, -0.25) is 9.69 Å². The molecule has 1 rings (SSSR count). The quantitative estimate of drug-likeness (QED) is 0.809. The molecule has 0 aliphatic carbocycles. The molecule has 0 saturated carbocycles. The van der Waals surface area contributed by atoms with E-state index in [2.05, 4.69) is 15.9 Å². The molecule has 5 nitrogen and oxygen atoms in total. The van der Waals surface area contributed by atoms with E-state index in [1.807, 2.05) is 0 Å². The summed E-state index contributed by atoms with van der Waals surface area (Å²) in [6.07, 6.45) is 0. The highest BCUT2D eigenvalue weighted by Crippen LogP contribution is 2.16. The van der Waals surface area contributed by atoms with Crippen molar-refractivity contribution >= 4 is 31.7 Å². The number of carboxylic acid groups (broad SMARTS) is 1. The van der Waals surface area contributed by atoms with Crippen LogP contribution in [0.1, 0.15) is 6.92 Å². The molecule has 0 bridgehead atoms. The predicted molar refractivity (Wildman–Crippen MR) is 75.9 cm³/mol. The number of halogens is 1. The van der Waals surface area contributed by atoms with Gasteiger partial charge in [0.2, 0.25) is 0 Å². The van der Waals surface area contributed by atoms with Crippen molar-refractivity contribution in [2.45, 2.75) is 11.8 Å². The maximum atomic E-state index is 12.1. The van der Waals surface area contributed by atoms with Gasteiger partial charge in [0.1, 0.15) is 0 Å². The van der Waals surface area contributed by atoms with Crippen LogP contribution >= 0.6 is 15.9 Å². The molecule has 0 saturated heterocycles. The minimum atomic E-state index is -3.37. The fraction of sp³-hybridized carbons (Fsp3) is 0.417. The van der Waals surface area contributed by atoms with E-state index in [1.165, 1.54) is 12.1 Å². The van der Waals surface area contributed by atoms with Crippen molar-refractivity contribution in [1.29, 1.82) is 0 Å². The summed E-state index contributed by atoms with van der Waals surface area (Å²) in [4.78, 5) is 12.4. The number of rotatable bonds is 7. The van der Waals surface area contributed by atoms with Gasteiger partial charge in [-0.1, -0.05) is 22.9 Å². The first kappa shape index (κ1) is 16.1. The van der Waals surface area contributed by atoms with Crippen LogP contribution in [0.3, 0.4) is 0 Å². The molecule has 1 N–H and O–H groups in total. The van der Waals surface area contributed by atoms with E-state index in [1.54, 1.807) is 24.0 Å². The van der Waals surface area contributed by atoms with E-state index >= 15 is 0 Å². The van der Waals surface area contributed by atoms with Crippen LogP contribution in [0, 0.1) is 0 Å². The van der Waals surface area contributed by atoms with E-state index in [9.17, 15) is 13.2 Å². The number of sulfone groups is 1. The lowest BCUT2D eigenvalue weighted by Gasteiger charge is -2.17. The van der Waals surface area contributed by atoms with Gasteiger partial charge in [-0.15, -0.1) is 0 Å². The third kappa shape index (κ3) is 5.30. The zero-order valence-electron chi connectivity index (χ0n) is 10.5. The average molecular weight is 350 g/mol. The highest BCUT2D eigenvalue weighted by molar-refractivity contribution is 9.10. The maximum absolute atomic E-state index is 12.1. The van der Waals surface area contributed by atoms with Gasteiger partial charge in [0.25, 0.3) is 0 Å². The van der Waals surface area contributed by atoms with Crippen molar-refractivity contribution in [3.63, 3.8) is 0 Å². The van der Waals surface area contributed by atoms with Crippen LogP contribution in [-0.4, -0.2) is 49.8 Å². The molecule has 0 spiro atoms. The van der Waals surface area contributed by atoms with Crippen LogP contribution in [0.2, 0.25) is 0 Å². The van der Waals surface area contributed by atoms with Crippen LogP contribution in [0.4, 0.5) is 0 Å². The summed E-state index contributed by atoms with van der Waals surface area (Å²) < 4.78 is 24.9. The Morgan fingerprint density at radius 1 is 1.32 bits per heavy atom. The van der Waals surface area contributed by atoms with E-state index in [4.69, 9.17) is 5.11 Å². The molecule has 106 valence electrons. The standard InChI is InChI=1S/C12H16BrNO4S/c1-2-14(9-12(15)16)7-8-19(17,18)11-5-3-10(13)4-6-11/h3-6H,2,7-9H2,1H3,(H,15,16). The molecule has 19 heavy (non-hydrogen) atoms. The minimum Gasteiger partial charge on any atom is -0.480 e. The van der Waals surface area contributed by atoms with Crippen LogP contribution in [0.5, 0.6) is 0 Å². The molecule has 7 heteroatoms. The third-order valence-corrected chi connectivity index (χ3v) is 4.89. The van der Waals surface area contributed by atoms with Gasteiger partial charge >= 0.3 is 5.97 Å². The van der Waals surface area contributed by atoms with Crippen molar-refractivity contribution in [1.82, 2.24) is 4.90 Å². The number of hydrogen-bond donors (Lipinski definition) is 1. The van der Waals surface area contributed by atoms with Gasteiger partial charge in [0, 0.05) is 11.0 Å². The summed E-state index contributed by atoms with van der Waals surface area (Å²) in [5.41, 5.74) is 0. The second-order valence-corrected chi connectivity index (χ2v) is 7.06. The van der Waals surface area contributed by atoms with Gasteiger partial charge in [0.05, 0.1) is 17.2 Å². The fourth-order valence-electron chi connectivity index (χ4n) is 1.55. The molecule has 1 aromatic rings. The smallest absolute Gasteiger partial charge is 0.317 e. The van der Waals surface area contributed by atoms with Gasteiger partial charge in [-0.2, -0.15) is 0 Å². The molecule has 0 fully saturated rings. The normalized spacial score (nSPS) is 11.7. The molecule has 0 radical (unpaired) electrons. The summed E-state index contributed by atoms with van der Waals surface area (Å²) in [5.74, 6) is -1.04. The number of likely N-dealkylation sites (N-methyl/N-ethyl adjacent to an activating group) is 1. The second-order valence-electron chi connectivity index (χ2n) is 4.04. The van der Waals surface area contributed by atoms with Crippen LogP contribution < -0.4 is 0 Å². The summed E-state index contributed by atoms with van der Waals surface area (Å²) in [6, 6.07) is 6.41. The Balaban J connectivity index is 2.69. The monoisotopic (exact) mass is 349 g/mol. The largest absolute Gasteiger partial charge is 0.480 e. The highest BCUT2D eigenvalue weighted by atomic mass is 79.9. The second kappa shape index (κ2) is 7.02. The zero-order chi connectivity index (χ0) is 14.5. The van der Waals surface area contributed by atoms with Gasteiger partial charge in [-0.25, -0.2) is 8.42 Å². The first-order valence-corrected chi connectivity index (χ1v) is 8.22. The number of benzene rings is 1. The first-order chi connectivity index (χ1) is 8.85. The molecule has 0 atom stereocenters.